The van der Waals surface area contributed by atoms with E-state index in [4.69, 9.17) is 12.2 Å². The third-order valence-corrected chi connectivity index (χ3v) is 1.13. The van der Waals surface area contributed by atoms with Gasteiger partial charge in [0, 0.05) is 0 Å². The molecule has 0 bridgehead atoms. The van der Waals surface area contributed by atoms with Crippen LogP contribution in [-0.4, -0.2) is 18.5 Å². The highest BCUT2D eigenvalue weighted by atomic mass is 127. The lowest BCUT2D eigenvalue weighted by Gasteiger charge is -2.07. The Balaban J connectivity index is 0. The Kier molecular flexibility index (Phi) is 9.02. The van der Waals surface area contributed by atoms with Gasteiger partial charge in [0.05, 0.1) is 12.6 Å². The second-order valence-electron chi connectivity index (χ2n) is 2.69. The Bertz CT molecular complexity index is 228. The van der Waals surface area contributed by atoms with Crippen LogP contribution in [0.2, 0.25) is 0 Å². The average Bonchev–Trinajstić information content (AvgIpc) is 2.00. The highest BCUT2D eigenvalue weighted by molar-refractivity contribution is 14.0. The van der Waals surface area contributed by atoms with E-state index in [0.29, 0.717) is 12.5 Å². The number of hydrogen-bond donors (Lipinski definition) is 2. The van der Waals surface area contributed by atoms with Gasteiger partial charge in [-0.1, -0.05) is 18.1 Å². The number of nitrogens with two attached hydrogens (primary N) is 1. The molecule has 0 fully saturated rings. The maximum absolute atomic E-state index is 5.50. The smallest absolute Gasteiger partial charge is 0.189 e. The second-order valence-corrected chi connectivity index (χ2v) is 2.69. The van der Waals surface area contributed by atoms with Gasteiger partial charge in [0.15, 0.2) is 5.96 Å². The summed E-state index contributed by atoms with van der Waals surface area (Å²) < 4.78 is 0. The minimum Gasteiger partial charge on any atom is -0.370 e. The summed E-state index contributed by atoms with van der Waals surface area (Å²) in [6.07, 6.45) is 5.14. The molecule has 1 unspecified atom stereocenters. The van der Waals surface area contributed by atoms with Crippen molar-refractivity contribution in [3.63, 3.8) is 0 Å². The predicted molar refractivity (Wildman–Crippen MR) is 68.1 cm³/mol. The first-order valence-corrected chi connectivity index (χ1v) is 3.73. The zero-order valence-corrected chi connectivity index (χ0v) is 10.3. The summed E-state index contributed by atoms with van der Waals surface area (Å²) >= 11 is 0. The molecule has 1 atom stereocenters. The molecule has 4 heteroatoms. The molecule has 3 N–H and O–H groups in total. The highest BCUT2D eigenvalue weighted by Gasteiger charge is 1.95. The number of hydrogen-bond acceptors (Lipinski definition) is 1. The largest absolute Gasteiger partial charge is 0.370 e. The molecule has 13 heavy (non-hydrogen) atoms. The van der Waals surface area contributed by atoms with Gasteiger partial charge in [-0.2, -0.15) is 0 Å². The van der Waals surface area contributed by atoms with Crippen molar-refractivity contribution in [3.8, 4) is 12.3 Å². The molecular weight excluding hydrogens is 277 g/mol. The fourth-order valence-electron chi connectivity index (χ4n) is 0.529. The lowest BCUT2D eigenvalue weighted by atomic mass is 10.3. The molecule has 0 saturated carbocycles. The van der Waals surface area contributed by atoms with Gasteiger partial charge in [-0.3, -0.25) is 0 Å². The highest BCUT2D eigenvalue weighted by Crippen LogP contribution is 1.86. The van der Waals surface area contributed by atoms with Crippen LogP contribution >= 0.6 is 24.0 Å². The van der Waals surface area contributed by atoms with Crippen molar-refractivity contribution < 1.29 is 0 Å². The van der Waals surface area contributed by atoms with Gasteiger partial charge in [-0.15, -0.1) is 30.4 Å². The molecule has 0 radical (unpaired) electrons. The minimum atomic E-state index is -0.0844. The SMILES string of the molecule is C#CC(C)NC(N)=NCC(=C)C.I. The molecule has 0 aliphatic carbocycles. The number of terminal acetylenes is 1. The van der Waals surface area contributed by atoms with Crippen LogP contribution < -0.4 is 11.1 Å². The third-order valence-electron chi connectivity index (χ3n) is 1.13. The van der Waals surface area contributed by atoms with Crippen LogP contribution in [0.5, 0.6) is 0 Å². The van der Waals surface area contributed by atoms with E-state index in [2.05, 4.69) is 22.8 Å². The van der Waals surface area contributed by atoms with E-state index >= 15 is 0 Å². The van der Waals surface area contributed by atoms with Crippen LogP contribution in [0.25, 0.3) is 0 Å². The Morgan fingerprint density at radius 1 is 1.77 bits per heavy atom. The number of nitrogens with zero attached hydrogens (tertiary/aromatic N) is 1. The van der Waals surface area contributed by atoms with Crippen molar-refractivity contribution in [2.24, 2.45) is 10.7 Å². The lowest BCUT2D eigenvalue weighted by molar-refractivity contribution is 0.818. The van der Waals surface area contributed by atoms with Gasteiger partial charge < -0.3 is 11.1 Å². The third kappa shape index (κ3) is 9.21. The second kappa shape index (κ2) is 7.92. The summed E-state index contributed by atoms with van der Waals surface area (Å²) in [5.74, 6) is 2.85. The van der Waals surface area contributed by atoms with E-state index in [0.717, 1.165) is 5.57 Å². The van der Waals surface area contributed by atoms with Gasteiger partial charge in [0.1, 0.15) is 0 Å². The lowest BCUT2D eigenvalue weighted by Crippen LogP contribution is -2.37. The molecule has 0 rings (SSSR count). The number of halogens is 1. The van der Waals surface area contributed by atoms with Gasteiger partial charge >= 0.3 is 0 Å². The van der Waals surface area contributed by atoms with Crippen molar-refractivity contribution in [1.29, 1.82) is 0 Å². The Morgan fingerprint density at radius 3 is 2.69 bits per heavy atom. The summed E-state index contributed by atoms with van der Waals surface area (Å²) in [5, 5.41) is 2.84. The van der Waals surface area contributed by atoms with E-state index in [1.807, 2.05) is 13.8 Å². The first-order valence-electron chi connectivity index (χ1n) is 3.73. The summed E-state index contributed by atoms with van der Waals surface area (Å²) in [6.45, 7) is 7.96. The summed E-state index contributed by atoms with van der Waals surface area (Å²) in [7, 11) is 0. The molecule has 0 aromatic rings. The first kappa shape index (κ1) is 14.8. The molecule has 74 valence electrons. The van der Waals surface area contributed by atoms with Gasteiger partial charge in [-0.25, -0.2) is 4.99 Å². The summed E-state index contributed by atoms with van der Waals surface area (Å²) in [6, 6.07) is -0.0844. The average molecular weight is 293 g/mol. The Labute approximate surface area is 96.9 Å². The van der Waals surface area contributed by atoms with E-state index in [1.165, 1.54) is 0 Å². The molecule has 0 aromatic carbocycles. The summed E-state index contributed by atoms with van der Waals surface area (Å²) in [4.78, 5) is 4.00. The molecule has 0 saturated heterocycles. The van der Waals surface area contributed by atoms with Crippen LogP contribution in [0.3, 0.4) is 0 Å². The topological polar surface area (TPSA) is 50.4 Å². The zero-order valence-electron chi connectivity index (χ0n) is 8.00. The number of rotatable bonds is 3. The van der Waals surface area contributed by atoms with E-state index in [9.17, 15) is 0 Å². The fourth-order valence-corrected chi connectivity index (χ4v) is 0.529. The Hall–Kier alpha value is -0.700. The fraction of sp³-hybridized carbons (Fsp3) is 0.444. The van der Waals surface area contributed by atoms with Crippen molar-refractivity contribution in [2.75, 3.05) is 6.54 Å². The summed E-state index contributed by atoms with van der Waals surface area (Å²) in [5.41, 5.74) is 6.47. The van der Waals surface area contributed by atoms with E-state index < -0.39 is 0 Å². The zero-order chi connectivity index (χ0) is 9.56. The van der Waals surface area contributed by atoms with Crippen LogP contribution in [-0.2, 0) is 0 Å². The number of nitrogens with one attached hydrogen (secondary N) is 1. The van der Waals surface area contributed by atoms with Crippen LogP contribution in [0.1, 0.15) is 13.8 Å². The molecule has 0 heterocycles. The first-order chi connectivity index (χ1) is 5.56. The van der Waals surface area contributed by atoms with Crippen molar-refractivity contribution >= 4 is 29.9 Å². The van der Waals surface area contributed by atoms with Gasteiger partial charge in [-0.05, 0) is 13.8 Å². The van der Waals surface area contributed by atoms with E-state index in [-0.39, 0.29) is 30.0 Å². The van der Waals surface area contributed by atoms with Crippen LogP contribution in [0.4, 0.5) is 0 Å². The molecule has 0 aromatic heterocycles. The predicted octanol–water partition coefficient (Wildman–Crippen LogP) is 1.11. The number of aliphatic imine (C=N–C) groups is 1. The quantitative estimate of drug-likeness (QED) is 0.269. The molecule has 0 amide bonds. The van der Waals surface area contributed by atoms with Crippen molar-refractivity contribution in [1.82, 2.24) is 5.32 Å². The van der Waals surface area contributed by atoms with E-state index in [1.54, 1.807) is 0 Å². The maximum Gasteiger partial charge on any atom is 0.189 e. The monoisotopic (exact) mass is 293 g/mol. The van der Waals surface area contributed by atoms with Crippen LogP contribution in [0, 0.1) is 12.3 Å². The van der Waals surface area contributed by atoms with Crippen molar-refractivity contribution in [3.05, 3.63) is 12.2 Å². The Morgan fingerprint density at radius 2 is 2.31 bits per heavy atom. The number of guanidine groups is 1. The standard InChI is InChI=1S/C9H15N3.HI/c1-5-8(4)12-9(10)11-6-7(2)3;/h1,8H,2,6H2,3-4H3,(H3,10,11,12);1H. The normalized spacial score (nSPS) is 12.2. The molecule has 3 nitrogen and oxygen atoms in total. The van der Waals surface area contributed by atoms with Gasteiger partial charge in [0.25, 0.3) is 0 Å². The molecule has 0 spiro atoms. The van der Waals surface area contributed by atoms with Gasteiger partial charge in [0.2, 0.25) is 0 Å². The molecular formula is C9H16IN3. The molecule has 0 aliphatic rings. The van der Waals surface area contributed by atoms with Crippen molar-refractivity contribution in [2.45, 2.75) is 19.9 Å². The molecule has 0 aliphatic heterocycles. The maximum atomic E-state index is 5.50. The minimum absolute atomic E-state index is 0. The van der Waals surface area contributed by atoms with Crippen LogP contribution in [0.15, 0.2) is 17.1 Å².